The molecule has 0 aliphatic carbocycles. The van der Waals surface area contributed by atoms with Gasteiger partial charge in [-0.15, -0.1) is 11.3 Å². The highest BCUT2D eigenvalue weighted by Crippen LogP contribution is 2.28. The van der Waals surface area contributed by atoms with Crippen LogP contribution in [0.2, 0.25) is 0 Å². The van der Waals surface area contributed by atoms with E-state index < -0.39 is 0 Å². The van der Waals surface area contributed by atoms with E-state index >= 15 is 0 Å². The van der Waals surface area contributed by atoms with Gasteiger partial charge in [-0.2, -0.15) is 0 Å². The molecule has 1 saturated heterocycles. The van der Waals surface area contributed by atoms with Crippen molar-refractivity contribution in [3.63, 3.8) is 0 Å². The number of aryl methyl sites for hydroxylation is 1. The molecule has 0 bridgehead atoms. The van der Waals surface area contributed by atoms with Crippen molar-refractivity contribution in [2.75, 3.05) is 40.9 Å². The van der Waals surface area contributed by atoms with E-state index in [1.165, 1.54) is 29.8 Å². The Kier molecular flexibility index (Phi) is 7.10. The second-order valence-corrected chi connectivity index (χ2v) is 8.62. The summed E-state index contributed by atoms with van der Waals surface area (Å²) in [4.78, 5) is 10.9. The van der Waals surface area contributed by atoms with E-state index in [1.807, 2.05) is 23.6 Å². The Morgan fingerprint density at radius 1 is 1.26 bits per heavy atom. The van der Waals surface area contributed by atoms with Crippen molar-refractivity contribution in [1.82, 2.24) is 14.8 Å². The lowest BCUT2D eigenvalue weighted by molar-refractivity contribution is 0.113. The van der Waals surface area contributed by atoms with E-state index in [1.54, 1.807) is 14.2 Å². The maximum Gasteiger partial charge on any atom is 0.160 e. The number of hydrogen-bond acceptors (Lipinski definition) is 6. The van der Waals surface area contributed by atoms with Crippen LogP contribution in [0.25, 0.3) is 0 Å². The standard InChI is InChI=1S/C21H31N3O2S/c1-16-22-13-19(27-16)15-24-10-5-6-18(14-24)23(2)11-9-17-7-8-20(25-3)21(12-17)26-4/h7-8,12-13,18H,5-6,9-11,14-15H2,1-4H3/t18-/m1/s1. The maximum absolute atomic E-state index is 5.42. The van der Waals surface area contributed by atoms with Gasteiger partial charge in [0.2, 0.25) is 0 Å². The van der Waals surface area contributed by atoms with Crippen LogP contribution >= 0.6 is 11.3 Å². The first-order chi connectivity index (χ1) is 13.1. The number of likely N-dealkylation sites (N-methyl/N-ethyl adjacent to an activating group) is 1. The number of thiazole rings is 1. The molecular weight excluding hydrogens is 358 g/mol. The molecule has 1 aromatic heterocycles. The molecule has 1 atom stereocenters. The lowest BCUT2D eigenvalue weighted by Crippen LogP contribution is -2.46. The van der Waals surface area contributed by atoms with Crippen LogP contribution in [0.4, 0.5) is 0 Å². The van der Waals surface area contributed by atoms with E-state index in [4.69, 9.17) is 9.47 Å². The topological polar surface area (TPSA) is 37.8 Å². The molecule has 1 aromatic carbocycles. The fourth-order valence-corrected chi connectivity index (χ4v) is 4.59. The molecule has 3 rings (SSSR count). The van der Waals surface area contributed by atoms with Crippen LogP contribution in [-0.4, -0.2) is 61.7 Å². The van der Waals surface area contributed by atoms with Crippen LogP contribution in [0.1, 0.15) is 28.3 Å². The summed E-state index contributed by atoms with van der Waals surface area (Å²) in [6.45, 7) is 6.49. The van der Waals surface area contributed by atoms with Crippen molar-refractivity contribution < 1.29 is 9.47 Å². The van der Waals surface area contributed by atoms with Crippen LogP contribution in [0.15, 0.2) is 24.4 Å². The van der Waals surface area contributed by atoms with Crippen LogP contribution < -0.4 is 9.47 Å². The number of likely N-dealkylation sites (tertiary alicyclic amines) is 1. The van der Waals surface area contributed by atoms with Gasteiger partial charge in [-0.1, -0.05) is 6.07 Å². The lowest BCUT2D eigenvalue weighted by atomic mass is 10.0. The fourth-order valence-electron chi connectivity index (χ4n) is 3.76. The molecular formula is C21H31N3O2S. The zero-order valence-electron chi connectivity index (χ0n) is 16.9. The summed E-state index contributed by atoms with van der Waals surface area (Å²) in [5.74, 6) is 1.59. The van der Waals surface area contributed by atoms with E-state index in [-0.39, 0.29) is 0 Å². The Hall–Kier alpha value is -1.63. The molecule has 148 valence electrons. The largest absolute Gasteiger partial charge is 0.493 e. The molecule has 1 aliphatic rings. The summed E-state index contributed by atoms with van der Waals surface area (Å²) in [6.07, 6.45) is 5.59. The fraction of sp³-hybridized carbons (Fsp3) is 0.571. The van der Waals surface area contributed by atoms with Gasteiger partial charge in [0.1, 0.15) is 0 Å². The smallest absolute Gasteiger partial charge is 0.160 e. The van der Waals surface area contributed by atoms with Crippen molar-refractivity contribution >= 4 is 11.3 Å². The molecule has 0 N–H and O–H groups in total. The molecule has 6 heteroatoms. The van der Waals surface area contributed by atoms with E-state index in [0.717, 1.165) is 42.6 Å². The minimum absolute atomic E-state index is 0.618. The van der Waals surface area contributed by atoms with Gasteiger partial charge in [-0.3, -0.25) is 4.90 Å². The Labute approximate surface area is 166 Å². The van der Waals surface area contributed by atoms with E-state index in [0.29, 0.717) is 6.04 Å². The lowest BCUT2D eigenvalue weighted by Gasteiger charge is -2.37. The number of hydrogen-bond donors (Lipinski definition) is 0. The summed E-state index contributed by atoms with van der Waals surface area (Å²) in [5.41, 5.74) is 1.28. The summed E-state index contributed by atoms with van der Waals surface area (Å²) < 4.78 is 10.8. The highest BCUT2D eigenvalue weighted by atomic mass is 32.1. The first-order valence-corrected chi connectivity index (χ1v) is 10.5. The number of nitrogens with zero attached hydrogens (tertiary/aromatic N) is 3. The first-order valence-electron chi connectivity index (χ1n) is 9.64. The Morgan fingerprint density at radius 2 is 2.07 bits per heavy atom. The average Bonchev–Trinajstić information content (AvgIpc) is 3.10. The number of benzene rings is 1. The van der Waals surface area contributed by atoms with Crippen molar-refractivity contribution in [2.24, 2.45) is 0 Å². The van der Waals surface area contributed by atoms with Crippen LogP contribution in [-0.2, 0) is 13.0 Å². The first kappa shape index (κ1) is 20.1. The van der Waals surface area contributed by atoms with Crippen LogP contribution in [0.5, 0.6) is 11.5 Å². The molecule has 0 radical (unpaired) electrons. The third kappa shape index (κ3) is 5.43. The van der Waals surface area contributed by atoms with E-state index in [9.17, 15) is 0 Å². The van der Waals surface area contributed by atoms with Gasteiger partial charge < -0.3 is 14.4 Å². The highest BCUT2D eigenvalue weighted by molar-refractivity contribution is 7.11. The quantitative estimate of drug-likeness (QED) is 0.690. The van der Waals surface area contributed by atoms with Gasteiger partial charge in [-0.25, -0.2) is 4.98 Å². The molecule has 0 unspecified atom stereocenters. The number of piperidine rings is 1. The summed E-state index contributed by atoms with van der Waals surface area (Å²) in [5, 5.41) is 1.16. The maximum atomic E-state index is 5.42. The average molecular weight is 390 g/mol. The molecule has 5 nitrogen and oxygen atoms in total. The van der Waals surface area contributed by atoms with Gasteiger partial charge >= 0.3 is 0 Å². The molecule has 1 fully saturated rings. The number of methoxy groups -OCH3 is 2. The second kappa shape index (κ2) is 9.53. The van der Waals surface area contributed by atoms with Gasteiger partial charge in [0.05, 0.1) is 19.2 Å². The van der Waals surface area contributed by atoms with Gasteiger partial charge in [0.25, 0.3) is 0 Å². The van der Waals surface area contributed by atoms with Crippen molar-refractivity contribution in [1.29, 1.82) is 0 Å². The monoisotopic (exact) mass is 389 g/mol. The molecule has 0 spiro atoms. The summed E-state index contributed by atoms with van der Waals surface area (Å²) >= 11 is 1.82. The van der Waals surface area contributed by atoms with Crippen molar-refractivity contribution in [3.8, 4) is 11.5 Å². The van der Waals surface area contributed by atoms with Crippen molar-refractivity contribution in [2.45, 2.75) is 38.8 Å². The predicted octanol–water partition coefficient (Wildman–Crippen LogP) is 3.61. The van der Waals surface area contributed by atoms with E-state index in [2.05, 4.69) is 40.9 Å². The Morgan fingerprint density at radius 3 is 2.78 bits per heavy atom. The number of rotatable bonds is 8. The minimum Gasteiger partial charge on any atom is -0.493 e. The van der Waals surface area contributed by atoms with Crippen LogP contribution in [0, 0.1) is 6.92 Å². The second-order valence-electron chi connectivity index (χ2n) is 7.30. The predicted molar refractivity (Wildman–Crippen MR) is 111 cm³/mol. The highest BCUT2D eigenvalue weighted by Gasteiger charge is 2.23. The third-order valence-electron chi connectivity index (χ3n) is 5.35. The molecule has 2 heterocycles. The normalized spacial score (nSPS) is 18.0. The molecule has 27 heavy (non-hydrogen) atoms. The molecule has 0 amide bonds. The molecule has 1 aliphatic heterocycles. The number of aromatic nitrogens is 1. The minimum atomic E-state index is 0.618. The SMILES string of the molecule is COc1ccc(CCN(C)[C@@H]2CCCN(Cc3cnc(C)s3)C2)cc1OC. The molecule has 0 saturated carbocycles. The van der Waals surface area contributed by atoms with Gasteiger partial charge in [0, 0.05) is 36.8 Å². The van der Waals surface area contributed by atoms with Crippen LogP contribution in [0.3, 0.4) is 0 Å². The summed E-state index contributed by atoms with van der Waals surface area (Å²) in [7, 11) is 5.62. The molecule has 2 aromatic rings. The number of ether oxygens (including phenoxy) is 2. The Bertz CT molecular complexity index is 734. The zero-order valence-corrected chi connectivity index (χ0v) is 17.7. The van der Waals surface area contributed by atoms with Gasteiger partial charge in [-0.05, 0) is 57.5 Å². The van der Waals surface area contributed by atoms with Gasteiger partial charge in [0.15, 0.2) is 11.5 Å². The summed E-state index contributed by atoms with van der Waals surface area (Å²) in [6, 6.07) is 6.83. The van der Waals surface area contributed by atoms with Crippen molar-refractivity contribution in [3.05, 3.63) is 39.8 Å². The zero-order chi connectivity index (χ0) is 19.2. The Balaban J connectivity index is 1.52. The third-order valence-corrected chi connectivity index (χ3v) is 6.25.